The molecule has 1 aromatic heterocycles. The van der Waals surface area contributed by atoms with Gasteiger partial charge in [-0.25, -0.2) is 12.4 Å². The Morgan fingerprint density at radius 3 is 2.40 bits per heavy atom. The van der Waals surface area contributed by atoms with Crippen LogP contribution in [0.25, 0.3) is 0 Å². The number of halogens is 1. The summed E-state index contributed by atoms with van der Waals surface area (Å²) in [5.41, 5.74) is 6.63. The predicted octanol–water partition coefficient (Wildman–Crippen LogP) is 2.43. The Labute approximate surface area is 126 Å². The number of nitrogens with zero attached hydrogens (tertiary/aromatic N) is 1. The van der Waals surface area contributed by atoms with Crippen LogP contribution in [-0.2, 0) is 16.4 Å². The monoisotopic (exact) mass is 314 g/mol. The smallest absolute Gasteiger partial charge is 0.267 e. The van der Waals surface area contributed by atoms with Gasteiger partial charge in [-0.1, -0.05) is 25.1 Å². The van der Waals surface area contributed by atoms with Crippen molar-refractivity contribution in [3.63, 3.8) is 0 Å². The lowest BCUT2D eigenvalue weighted by Gasteiger charge is -2.13. The van der Waals surface area contributed by atoms with E-state index in [4.69, 9.17) is 5.73 Å². The molecule has 0 fully saturated rings. The second-order valence-corrected chi connectivity index (χ2v) is 6.30. The summed E-state index contributed by atoms with van der Waals surface area (Å²) in [6.07, 6.45) is 2.94. The van der Waals surface area contributed by atoms with Gasteiger partial charge in [0, 0.05) is 24.4 Å². The lowest BCUT2D eigenvalue weighted by atomic mass is 10.1. The van der Waals surface area contributed by atoms with E-state index in [0.29, 0.717) is 6.42 Å². The minimum atomic E-state index is -3.52. The molecular weight excluding hydrogens is 296 g/mol. The highest BCUT2D eigenvalue weighted by Crippen LogP contribution is 2.17. The largest absolute Gasteiger partial charge is 0.327 e. The molecule has 2 N–H and O–H groups in total. The topological polar surface area (TPSA) is 65.1 Å². The molecule has 0 spiro atoms. The molecule has 2 aromatic rings. The van der Waals surface area contributed by atoms with E-state index in [1.807, 2.05) is 6.92 Å². The van der Waals surface area contributed by atoms with Crippen molar-refractivity contribution in [1.29, 1.82) is 0 Å². The van der Waals surface area contributed by atoms with Crippen molar-refractivity contribution < 1.29 is 8.42 Å². The molecule has 0 aliphatic heterocycles. The van der Waals surface area contributed by atoms with E-state index in [1.165, 1.54) is 3.97 Å². The standard InChI is InChI=1S/C14H18N2O2S.ClH/c1-2-12(15)11-13-7-6-10-16(13)19(17,18)14-8-4-3-5-9-14;/h3-10,12H,2,11,15H2,1H3;1H. The second kappa shape index (κ2) is 6.92. The second-order valence-electron chi connectivity index (χ2n) is 4.49. The Bertz CT molecular complexity index is 638. The SMILES string of the molecule is CCC(N)Cc1cccn1S(=O)(=O)c1ccccc1.Cl. The summed E-state index contributed by atoms with van der Waals surface area (Å²) in [5.74, 6) is 0. The van der Waals surface area contributed by atoms with Gasteiger partial charge in [-0.2, -0.15) is 0 Å². The van der Waals surface area contributed by atoms with Gasteiger partial charge in [0.15, 0.2) is 0 Å². The predicted molar refractivity (Wildman–Crippen MR) is 82.7 cm³/mol. The van der Waals surface area contributed by atoms with E-state index >= 15 is 0 Å². The summed E-state index contributed by atoms with van der Waals surface area (Å²) >= 11 is 0. The third-order valence-corrected chi connectivity index (χ3v) is 4.83. The van der Waals surface area contributed by atoms with Crippen LogP contribution in [0.5, 0.6) is 0 Å². The highest BCUT2D eigenvalue weighted by molar-refractivity contribution is 7.90. The number of hydrogen-bond donors (Lipinski definition) is 1. The zero-order chi connectivity index (χ0) is 13.9. The summed E-state index contributed by atoms with van der Waals surface area (Å²) in [6, 6.07) is 11.9. The molecule has 0 bridgehead atoms. The molecule has 1 heterocycles. The number of benzene rings is 1. The lowest BCUT2D eigenvalue weighted by molar-refractivity contribution is 0.579. The molecule has 110 valence electrons. The van der Waals surface area contributed by atoms with Crippen LogP contribution in [0.3, 0.4) is 0 Å². The van der Waals surface area contributed by atoms with Crippen LogP contribution in [0, 0.1) is 0 Å². The van der Waals surface area contributed by atoms with E-state index in [9.17, 15) is 8.42 Å². The molecule has 1 unspecified atom stereocenters. The van der Waals surface area contributed by atoms with Crippen LogP contribution in [0.15, 0.2) is 53.6 Å². The number of aromatic nitrogens is 1. The van der Waals surface area contributed by atoms with Gasteiger partial charge in [0.1, 0.15) is 0 Å². The molecule has 0 radical (unpaired) electrons. The molecule has 20 heavy (non-hydrogen) atoms. The lowest BCUT2D eigenvalue weighted by Crippen LogP contribution is -2.24. The van der Waals surface area contributed by atoms with Crippen molar-refractivity contribution in [2.24, 2.45) is 5.73 Å². The van der Waals surface area contributed by atoms with Gasteiger partial charge in [0.25, 0.3) is 10.0 Å². The fourth-order valence-electron chi connectivity index (χ4n) is 1.91. The maximum atomic E-state index is 12.5. The van der Waals surface area contributed by atoms with Crippen molar-refractivity contribution in [2.75, 3.05) is 0 Å². The summed E-state index contributed by atoms with van der Waals surface area (Å²) in [4.78, 5) is 0.289. The molecule has 0 saturated heterocycles. The minimum absolute atomic E-state index is 0. The Morgan fingerprint density at radius 1 is 1.15 bits per heavy atom. The molecule has 2 rings (SSSR count). The molecule has 0 saturated carbocycles. The van der Waals surface area contributed by atoms with Crippen molar-refractivity contribution in [3.05, 3.63) is 54.4 Å². The summed E-state index contributed by atoms with van der Waals surface area (Å²) < 4.78 is 26.3. The molecule has 0 aliphatic rings. The van der Waals surface area contributed by atoms with E-state index in [0.717, 1.165) is 12.1 Å². The van der Waals surface area contributed by atoms with Gasteiger partial charge in [-0.15, -0.1) is 12.4 Å². The van der Waals surface area contributed by atoms with Crippen LogP contribution in [0.1, 0.15) is 19.0 Å². The number of rotatable bonds is 5. The van der Waals surface area contributed by atoms with E-state index in [2.05, 4.69) is 0 Å². The third kappa shape index (κ3) is 3.42. The Hall–Kier alpha value is -1.30. The highest BCUT2D eigenvalue weighted by atomic mass is 35.5. The Kier molecular flexibility index (Phi) is 5.80. The van der Waals surface area contributed by atoms with Gasteiger partial charge < -0.3 is 5.73 Å². The third-order valence-electron chi connectivity index (χ3n) is 3.09. The summed E-state index contributed by atoms with van der Waals surface area (Å²) in [6.45, 7) is 1.99. The average Bonchev–Trinajstić information content (AvgIpc) is 2.88. The molecule has 0 aliphatic carbocycles. The molecule has 1 atom stereocenters. The molecule has 4 nitrogen and oxygen atoms in total. The van der Waals surface area contributed by atoms with Crippen LogP contribution in [0.2, 0.25) is 0 Å². The zero-order valence-corrected chi connectivity index (χ0v) is 12.9. The Morgan fingerprint density at radius 2 is 1.80 bits per heavy atom. The van der Waals surface area contributed by atoms with Gasteiger partial charge in [0.2, 0.25) is 0 Å². The fourth-order valence-corrected chi connectivity index (χ4v) is 3.32. The zero-order valence-electron chi connectivity index (χ0n) is 11.3. The maximum Gasteiger partial charge on any atom is 0.267 e. The molecular formula is C14H19ClN2O2S. The van der Waals surface area contributed by atoms with Crippen LogP contribution in [-0.4, -0.2) is 18.4 Å². The molecule has 6 heteroatoms. The van der Waals surface area contributed by atoms with Crippen LogP contribution >= 0.6 is 12.4 Å². The van der Waals surface area contributed by atoms with Crippen LogP contribution in [0.4, 0.5) is 0 Å². The average molecular weight is 315 g/mol. The Balaban J connectivity index is 0.00000200. The normalized spacial score (nSPS) is 12.7. The van der Waals surface area contributed by atoms with Crippen LogP contribution < -0.4 is 5.73 Å². The van der Waals surface area contributed by atoms with Crippen molar-refractivity contribution >= 4 is 22.4 Å². The quantitative estimate of drug-likeness (QED) is 0.921. The molecule has 0 amide bonds. The van der Waals surface area contributed by atoms with Crippen molar-refractivity contribution in [1.82, 2.24) is 3.97 Å². The number of hydrogen-bond acceptors (Lipinski definition) is 3. The minimum Gasteiger partial charge on any atom is -0.327 e. The highest BCUT2D eigenvalue weighted by Gasteiger charge is 2.19. The summed E-state index contributed by atoms with van der Waals surface area (Å²) in [7, 11) is -3.52. The van der Waals surface area contributed by atoms with E-state index in [1.54, 1.807) is 48.7 Å². The van der Waals surface area contributed by atoms with Crippen molar-refractivity contribution in [2.45, 2.75) is 30.7 Å². The van der Waals surface area contributed by atoms with Gasteiger partial charge in [0.05, 0.1) is 4.90 Å². The first-order valence-corrected chi connectivity index (χ1v) is 7.72. The van der Waals surface area contributed by atoms with Gasteiger partial charge in [-0.05, 0) is 30.7 Å². The maximum absolute atomic E-state index is 12.5. The molecule has 1 aromatic carbocycles. The first kappa shape index (κ1) is 16.8. The summed E-state index contributed by atoms with van der Waals surface area (Å²) in [5, 5.41) is 0. The first-order chi connectivity index (χ1) is 9.05. The number of nitrogens with two attached hydrogens (primary N) is 1. The van der Waals surface area contributed by atoms with Gasteiger partial charge in [-0.3, -0.25) is 0 Å². The van der Waals surface area contributed by atoms with E-state index in [-0.39, 0.29) is 23.3 Å². The fraction of sp³-hybridized carbons (Fsp3) is 0.286. The van der Waals surface area contributed by atoms with Crippen molar-refractivity contribution in [3.8, 4) is 0 Å². The van der Waals surface area contributed by atoms with E-state index < -0.39 is 10.0 Å². The first-order valence-electron chi connectivity index (χ1n) is 6.28. The van der Waals surface area contributed by atoms with Gasteiger partial charge >= 0.3 is 0 Å².